The van der Waals surface area contributed by atoms with Gasteiger partial charge in [-0.1, -0.05) is 23.2 Å². The number of carbonyl (C=O) groups excluding carboxylic acids is 1. The zero-order valence-electron chi connectivity index (χ0n) is 14.4. The summed E-state index contributed by atoms with van der Waals surface area (Å²) in [6, 6.07) is 3.62. The number of alkyl halides is 2. The van der Waals surface area contributed by atoms with Crippen LogP contribution in [0.2, 0.25) is 0 Å². The van der Waals surface area contributed by atoms with Crippen LogP contribution in [0.25, 0.3) is 0 Å². The summed E-state index contributed by atoms with van der Waals surface area (Å²) >= 11 is 10.9. The van der Waals surface area contributed by atoms with Gasteiger partial charge in [0.2, 0.25) is 11.7 Å². The minimum atomic E-state index is -1.22. The summed E-state index contributed by atoms with van der Waals surface area (Å²) in [5.41, 5.74) is 7.48. The first-order valence-electron chi connectivity index (χ1n) is 7.38. The Bertz CT molecular complexity index is 777. The van der Waals surface area contributed by atoms with E-state index in [1.54, 1.807) is 0 Å². The third-order valence-electron chi connectivity index (χ3n) is 3.45. The van der Waals surface area contributed by atoms with Crippen molar-refractivity contribution in [1.29, 1.82) is 0 Å². The molecule has 1 heterocycles. The van der Waals surface area contributed by atoms with Crippen molar-refractivity contribution in [3.63, 3.8) is 0 Å². The number of halogens is 2. The highest BCUT2D eigenvalue weighted by molar-refractivity contribution is 6.54. The average Bonchev–Trinajstić information content (AvgIpc) is 2.62. The monoisotopic (exact) mass is 400 g/mol. The van der Waals surface area contributed by atoms with Gasteiger partial charge < -0.3 is 19.9 Å². The quantitative estimate of drug-likeness (QED) is 0.686. The summed E-state index contributed by atoms with van der Waals surface area (Å²) in [6.45, 7) is 0. The van der Waals surface area contributed by atoms with Crippen molar-refractivity contribution in [3.05, 3.63) is 29.5 Å². The Kier molecular flexibility index (Phi) is 6.70. The van der Waals surface area contributed by atoms with E-state index in [1.165, 1.54) is 27.5 Å². The Labute approximate surface area is 160 Å². The van der Waals surface area contributed by atoms with Crippen LogP contribution in [-0.4, -0.2) is 42.0 Å². The minimum absolute atomic E-state index is 0.0208. The molecule has 0 bridgehead atoms. The molecule has 3 N–H and O–H groups in total. The lowest BCUT2D eigenvalue weighted by atomic mass is 10.1. The summed E-state index contributed by atoms with van der Waals surface area (Å²) < 4.78 is 16.0. The second-order valence-electron chi connectivity index (χ2n) is 5.10. The van der Waals surface area contributed by atoms with Crippen LogP contribution < -0.4 is 25.3 Å². The summed E-state index contributed by atoms with van der Waals surface area (Å²) in [7, 11) is 4.61. The standard InChI is InChI=1S/C16H18Cl2N4O4/c1-24-10-5-8(6-11(25-2)12(10)26-3)4-9-7-20-16(21-14(9)19)22-15(23)13(17)18/h5-7,13H,4H2,1-3H3,(H3,19,20,21,22,23). The Morgan fingerprint density at radius 2 is 1.81 bits per heavy atom. The fourth-order valence-corrected chi connectivity index (χ4v) is 2.35. The number of hydrogen-bond acceptors (Lipinski definition) is 7. The van der Waals surface area contributed by atoms with Gasteiger partial charge >= 0.3 is 0 Å². The van der Waals surface area contributed by atoms with E-state index in [0.717, 1.165) is 5.56 Å². The second kappa shape index (κ2) is 8.77. The fourth-order valence-electron chi connectivity index (χ4n) is 2.24. The topological polar surface area (TPSA) is 109 Å². The lowest BCUT2D eigenvalue weighted by Crippen LogP contribution is -2.20. The van der Waals surface area contributed by atoms with Crippen LogP contribution in [0.15, 0.2) is 18.3 Å². The molecule has 0 saturated carbocycles. The third kappa shape index (κ3) is 4.59. The maximum atomic E-state index is 11.5. The molecule has 8 nitrogen and oxygen atoms in total. The number of nitrogens with one attached hydrogen (secondary N) is 1. The molecule has 26 heavy (non-hydrogen) atoms. The number of nitrogens with zero attached hydrogens (tertiary/aromatic N) is 2. The number of nitrogens with two attached hydrogens (primary N) is 1. The number of aromatic nitrogens is 2. The van der Waals surface area contributed by atoms with Gasteiger partial charge in [-0.25, -0.2) is 4.98 Å². The number of anilines is 2. The Hall–Kier alpha value is -2.45. The van der Waals surface area contributed by atoms with Crippen molar-refractivity contribution in [1.82, 2.24) is 9.97 Å². The van der Waals surface area contributed by atoms with E-state index in [-0.39, 0.29) is 11.8 Å². The molecule has 1 aromatic carbocycles. The molecule has 1 amide bonds. The average molecular weight is 401 g/mol. The van der Waals surface area contributed by atoms with Gasteiger partial charge in [-0.05, 0) is 17.7 Å². The summed E-state index contributed by atoms with van der Waals surface area (Å²) in [4.78, 5) is 18.3. The van der Waals surface area contributed by atoms with Crippen molar-refractivity contribution in [2.75, 3.05) is 32.4 Å². The number of nitrogen functional groups attached to an aromatic ring is 1. The van der Waals surface area contributed by atoms with Crippen molar-refractivity contribution < 1.29 is 19.0 Å². The van der Waals surface area contributed by atoms with Gasteiger partial charge in [-0.2, -0.15) is 4.98 Å². The van der Waals surface area contributed by atoms with E-state index in [1.807, 2.05) is 12.1 Å². The van der Waals surface area contributed by atoms with Gasteiger partial charge in [0.05, 0.1) is 21.3 Å². The highest BCUT2D eigenvalue weighted by atomic mass is 35.5. The number of amides is 1. The highest BCUT2D eigenvalue weighted by Gasteiger charge is 2.16. The van der Waals surface area contributed by atoms with Gasteiger partial charge in [0.15, 0.2) is 16.3 Å². The number of methoxy groups -OCH3 is 3. The van der Waals surface area contributed by atoms with E-state index in [0.29, 0.717) is 29.2 Å². The molecule has 0 aliphatic carbocycles. The maximum absolute atomic E-state index is 11.5. The van der Waals surface area contributed by atoms with Gasteiger partial charge in [0.25, 0.3) is 5.91 Å². The first kappa shape index (κ1) is 19.9. The van der Waals surface area contributed by atoms with E-state index < -0.39 is 10.7 Å². The molecule has 0 unspecified atom stereocenters. The largest absolute Gasteiger partial charge is 0.493 e. The Morgan fingerprint density at radius 3 is 2.27 bits per heavy atom. The van der Waals surface area contributed by atoms with Gasteiger partial charge in [0.1, 0.15) is 5.82 Å². The lowest BCUT2D eigenvalue weighted by molar-refractivity contribution is -0.114. The first-order chi connectivity index (χ1) is 12.4. The fraction of sp³-hybridized carbons (Fsp3) is 0.312. The molecule has 140 valence electrons. The molecular formula is C16H18Cl2N4O4. The minimum Gasteiger partial charge on any atom is -0.493 e. The van der Waals surface area contributed by atoms with Crippen molar-refractivity contribution in [3.8, 4) is 17.2 Å². The lowest BCUT2D eigenvalue weighted by Gasteiger charge is -2.14. The molecule has 0 radical (unpaired) electrons. The predicted molar refractivity (Wildman–Crippen MR) is 99.5 cm³/mol. The van der Waals surface area contributed by atoms with Crippen LogP contribution in [0.3, 0.4) is 0 Å². The van der Waals surface area contributed by atoms with Gasteiger partial charge in [-0.3, -0.25) is 10.1 Å². The highest BCUT2D eigenvalue weighted by Crippen LogP contribution is 2.38. The van der Waals surface area contributed by atoms with E-state index in [9.17, 15) is 4.79 Å². The number of carbonyl (C=O) groups is 1. The third-order valence-corrected chi connectivity index (χ3v) is 3.85. The second-order valence-corrected chi connectivity index (χ2v) is 6.20. The molecule has 0 aliphatic heterocycles. The Morgan fingerprint density at radius 1 is 1.19 bits per heavy atom. The molecule has 10 heteroatoms. The SMILES string of the molecule is COc1cc(Cc2cnc(NC(=O)C(Cl)Cl)nc2N)cc(OC)c1OC. The van der Waals surface area contributed by atoms with Crippen LogP contribution in [-0.2, 0) is 11.2 Å². The number of rotatable bonds is 7. The van der Waals surface area contributed by atoms with E-state index in [2.05, 4.69) is 15.3 Å². The van der Waals surface area contributed by atoms with Crippen molar-refractivity contribution >= 4 is 40.9 Å². The molecule has 0 saturated heterocycles. The molecule has 0 atom stereocenters. The summed E-state index contributed by atoms with van der Waals surface area (Å²) in [5, 5.41) is 2.36. The van der Waals surface area contributed by atoms with Gasteiger partial charge in [0, 0.05) is 18.2 Å². The number of benzene rings is 1. The zero-order valence-corrected chi connectivity index (χ0v) is 15.9. The molecule has 0 spiro atoms. The van der Waals surface area contributed by atoms with Crippen LogP contribution in [0.4, 0.5) is 11.8 Å². The van der Waals surface area contributed by atoms with Crippen LogP contribution in [0.1, 0.15) is 11.1 Å². The zero-order chi connectivity index (χ0) is 19.3. The maximum Gasteiger partial charge on any atom is 0.260 e. The first-order valence-corrected chi connectivity index (χ1v) is 8.26. The predicted octanol–water partition coefficient (Wildman–Crippen LogP) is 2.42. The summed E-state index contributed by atoms with van der Waals surface area (Å²) in [6.07, 6.45) is 1.93. The molecule has 0 aliphatic rings. The normalized spacial score (nSPS) is 10.5. The number of hydrogen-bond donors (Lipinski definition) is 2. The molecule has 2 rings (SSSR count). The van der Waals surface area contributed by atoms with Crippen molar-refractivity contribution in [2.45, 2.75) is 11.3 Å². The van der Waals surface area contributed by atoms with E-state index >= 15 is 0 Å². The van der Waals surface area contributed by atoms with Crippen LogP contribution >= 0.6 is 23.2 Å². The number of ether oxygens (including phenoxy) is 3. The smallest absolute Gasteiger partial charge is 0.260 e. The molecular weight excluding hydrogens is 383 g/mol. The molecule has 2 aromatic rings. The van der Waals surface area contributed by atoms with E-state index in [4.69, 9.17) is 43.1 Å². The van der Waals surface area contributed by atoms with Crippen LogP contribution in [0, 0.1) is 0 Å². The summed E-state index contributed by atoms with van der Waals surface area (Å²) in [5.74, 6) is 1.15. The van der Waals surface area contributed by atoms with Crippen molar-refractivity contribution in [2.24, 2.45) is 0 Å². The molecule has 0 fully saturated rings. The van der Waals surface area contributed by atoms with Gasteiger partial charge in [-0.15, -0.1) is 0 Å². The Balaban J connectivity index is 2.27. The molecule has 1 aromatic heterocycles. The van der Waals surface area contributed by atoms with Crippen LogP contribution in [0.5, 0.6) is 17.2 Å².